The monoisotopic (exact) mass is 356 g/mol. The highest BCUT2D eigenvalue weighted by Gasteiger charge is 2.23. The molecule has 1 aliphatic rings. The molecule has 3 rings (SSSR count). The first-order valence-electron chi connectivity index (χ1n) is 9.00. The van der Waals surface area contributed by atoms with Crippen LogP contribution in [0.15, 0.2) is 48.5 Å². The first kappa shape index (κ1) is 17.9. The van der Waals surface area contributed by atoms with Crippen LogP contribution in [0.4, 0.5) is 10.1 Å². The minimum absolute atomic E-state index is 0.201. The number of nitrogens with one attached hydrogen (secondary N) is 1. The second-order valence-corrected chi connectivity index (χ2v) is 7.23. The molecule has 2 aromatic carbocycles. The molecule has 1 fully saturated rings. The molecule has 0 amide bonds. The van der Waals surface area contributed by atoms with Gasteiger partial charge in [0.15, 0.2) is 5.11 Å². The summed E-state index contributed by atoms with van der Waals surface area (Å²) in [5, 5.41) is 4.13. The lowest BCUT2D eigenvalue weighted by Crippen LogP contribution is -2.43. The van der Waals surface area contributed by atoms with Crippen molar-refractivity contribution in [3.63, 3.8) is 0 Å². The van der Waals surface area contributed by atoms with Crippen molar-refractivity contribution in [3.8, 4) is 0 Å². The van der Waals surface area contributed by atoms with Crippen LogP contribution >= 0.6 is 12.2 Å². The van der Waals surface area contributed by atoms with Crippen LogP contribution < -0.4 is 5.32 Å². The molecule has 132 valence electrons. The zero-order chi connectivity index (χ0) is 17.6. The van der Waals surface area contributed by atoms with Crippen molar-refractivity contribution in [2.45, 2.75) is 51.6 Å². The molecule has 4 heteroatoms. The highest BCUT2D eigenvalue weighted by atomic mass is 32.1. The number of rotatable bonds is 4. The fraction of sp³-hybridized carbons (Fsp3) is 0.381. The topological polar surface area (TPSA) is 15.3 Å². The van der Waals surface area contributed by atoms with Crippen molar-refractivity contribution in [2.24, 2.45) is 0 Å². The Labute approximate surface area is 155 Å². The SMILES string of the molecule is Cc1ccc(NC(=S)N(Cc2ccc(F)cc2)C2CCCCC2)cc1. The number of benzene rings is 2. The molecule has 0 heterocycles. The minimum Gasteiger partial charge on any atom is -0.342 e. The first-order chi connectivity index (χ1) is 12.1. The second kappa shape index (κ2) is 8.43. The third-order valence-electron chi connectivity index (χ3n) is 4.85. The number of aryl methyl sites for hydroxylation is 1. The van der Waals surface area contributed by atoms with Gasteiger partial charge in [-0.1, -0.05) is 49.1 Å². The molecule has 0 spiro atoms. The molecule has 1 saturated carbocycles. The molecular formula is C21H25FN2S. The number of nitrogens with zero attached hydrogens (tertiary/aromatic N) is 1. The second-order valence-electron chi connectivity index (χ2n) is 6.84. The van der Waals surface area contributed by atoms with Crippen LogP contribution in [0.25, 0.3) is 0 Å². The van der Waals surface area contributed by atoms with E-state index in [0.29, 0.717) is 12.6 Å². The van der Waals surface area contributed by atoms with E-state index < -0.39 is 0 Å². The summed E-state index contributed by atoms with van der Waals surface area (Å²) in [5.41, 5.74) is 3.32. The summed E-state index contributed by atoms with van der Waals surface area (Å²) in [7, 11) is 0. The normalized spacial score (nSPS) is 15.0. The van der Waals surface area contributed by atoms with Gasteiger partial charge in [0, 0.05) is 18.3 Å². The third kappa shape index (κ3) is 5.02. The Bertz CT molecular complexity index is 691. The predicted molar refractivity (Wildman–Crippen MR) is 106 cm³/mol. The highest BCUT2D eigenvalue weighted by molar-refractivity contribution is 7.80. The Morgan fingerprint density at radius 1 is 1.04 bits per heavy atom. The average molecular weight is 357 g/mol. The molecular weight excluding hydrogens is 331 g/mol. The summed E-state index contributed by atoms with van der Waals surface area (Å²) < 4.78 is 13.2. The summed E-state index contributed by atoms with van der Waals surface area (Å²) in [4.78, 5) is 2.28. The lowest BCUT2D eigenvalue weighted by Gasteiger charge is -2.36. The zero-order valence-electron chi connectivity index (χ0n) is 14.7. The van der Waals surface area contributed by atoms with Gasteiger partial charge in [-0.05, 0) is 61.8 Å². The van der Waals surface area contributed by atoms with Crippen molar-refractivity contribution >= 4 is 23.0 Å². The van der Waals surface area contributed by atoms with E-state index in [1.807, 2.05) is 12.1 Å². The van der Waals surface area contributed by atoms with Crippen LogP contribution in [-0.2, 0) is 6.54 Å². The molecule has 0 bridgehead atoms. The van der Waals surface area contributed by atoms with Gasteiger partial charge in [0.05, 0.1) is 0 Å². The van der Waals surface area contributed by atoms with Crippen LogP contribution in [-0.4, -0.2) is 16.1 Å². The molecule has 2 nitrogen and oxygen atoms in total. The Morgan fingerprint density at radius 2 is 1.68 bits per heavy atom. The van der Waals surface area contributed by atoms with Crippen LogP contribution in [0.5, 0.6) is 0 Å². The maximum absolute atomic E-state index is 13.2. The molecule has 0 saturated heterocycles. The number of hydrogen-bond donors (Lipinski definition) is 1. The van der Waals surface area contributed by atoms with Crippen molar-refractivity contribution in [1.82, 2.24) is 4.90 Å². The van der Waals surface area contributed by atoms with Crippen molar-refractivity contribution in [3.05, 3.63) is 65.5 Å². The van der Waals surface area contributed by atoms with E-state index in [1.54, 1.807) is 0 Å². The van der Waals surface area contributed by atoms with Crippen molar-refractivity contribution in [2.75, 3.05) is 5.32 Å². The van der Waals surface area contributed by atoms with E-state index in [4.69, 9.17) is 12.2 Å². The number of anilines is 1. The Morgan fingerprint density at radius 3 is 2.32 bits per heavy atom. The summed E-state index contributed by atoms with van der Waals surface area (Å²) in [6.45, 7) is 2.79. The van der Waals surface area contributed by atoms with Gasteiger partial charge >= 0.3 is 0 Å². The van der Waals surface area contributed by atoms with E-state index in [1.165, 1.54) is 37.0 Å². The van der Waals surface area contributed by atoms with Gasteiger partial charge < -0.3 is 10.2 Å². The van der Waals surface area contributed by atoms with Crippen molar-refractivity contribution < 1.29 is 4.39 Å². The molecule has 0 radical (unpaired) electrons. The van der Waals surface area contributed by atoms with Gasteiger partial charge in [-0.3, -0.25) is 0 Å². The van der Waals surface area contributed by atoms with Crippen LogP contribution in [0.1, 0.15) is 43.2 Å². The molecule has 0 aromatic heterocycles. The number of hydrogen-bond acceptors (Lipinski definition) is 1. The van der Waals surface area contributed by atoms with Gasteiger partial charge in [-0.2, -0.15) is 0 Å². The first-order valence-corrected chi connectivity index (χ1v) is 9.41. The Kier molecular flexibility index (Phi) is 6.03. The van der Waals surface area contributed by atoms with Crippen molar-refractivity contribution in [1.29, 1.82) is 0 Å². The van der Waals surface area contributed by atoms with E-state index in [2.05, 4.69) is 41.4 Å². The summed E-state index contributed by atoms with van der Waals surface area (Å²) in [5.74, 6) is -0.201. The van der Waals surface area contributed by atoms with E-state index in [-0.39, 0.29) is 5.82 Å². The summed E-state index contributed by atoms with van der Waals surface area (Å²) >= 11 is 5.74. The fourth-order valence-corrected chi connectivity index (χ4v) is 3.71. The Hall–Kier alpha value is -1.94. The minimum atomic E-state index is -0.201. The average Bonchev–Trinajstić information content (AvgIpc) is 2.64. The van der Waals surface area contributed by atoms with E-state index in [0.717, 1.165) is 29.2 Å². The molecule has 25 heavy (non-hydrogen) atoms. The molecule has 0 aliphatic heterocycles. The predicted octanol–water partition coefficient (Wildman–Crippen LogP) is 5.67. The lowest BCUT2D eigenvalue weighted by atomic mass is 9.94. The molecule has 1 aliphatic carbocycles. The maximum Gasteiger partial charge on any atom is 0.173 e. The largest absolute Gasteiger partial charge is 0.342 e. The molecule has 2 aromatic rings. The summed E-state index contributed by atoms with van der Waals surface area (Å²) in [6, 6.07) is 15.4. The fourth-order valence-electron chi connectivity index (χ4n) is 3.38. The van der Waals surface area contributed by atoms with Gasteiger partial charge in [-0.15, -0.1) is 0 Å². The number of halogens is 1. The summed E-state index contributed by atoms with van der Waals surface area (Å²) in [6.07, 6.45) is 6.13. The smallest absolute Gasteiger partial charge is 0.173 e. The standard InChI is InChI=1S/C21H25FN2S/c1-16-7-13-19(14-8-16)23-21(25)24(20-5-3-2-4-6-20)15-17-9-11-18(22)12-10-17/h7-14,20H,2-6,15H2,1H3,(H,23,25). The van der Waals surface area contributed by atoms with E-state index in [9.17, 15) is 4.39 Å². The van der Waals surface area contributed by atoms with E-state index >= 15 is 0 Å². The van der Waals surface area contributed by atoms with Gasteiger partial charge in [-0.25, -0.2) is 4.39 Å². The van der Waals surface area contributed by atoms with Gasteiger partial charge in [0.25, 0.3) is 0 Å². The maximum atomic E-state index is 13.2. The van der Waals surface area contributed by atoms with Gasteiger partial charge in [0.2, 0.25) is 0 Å². The van der Waals surface area contributed by atoms with Crippen LogP contribution in [0.2, 0.25) is 0 Å². The Balaban J connectivity index is 1.75. The number of thiocarbonyl (C=S) groups is 1. The van der Waals surface area contributed by atoms with Gasteiger partial charge in [0.1, 0.15) is 5.82 Å². The highest BCUT2D eigenvalue weighted by Crippen LogP contribution is 2.25. The molecule has 0 atom stereocenters. The quantitative estimate of drug-likeness (QED) is 0.711. The molecule has 1 N–H and O–H groups in total. The third-order valence-corrected chi connectivity index (χ3v) is 5.18. The van der Waals surface area contributed by atoms with Crippen LogP contribution in [0, 0.1) is 12.7 Å². The van der Waals surface area contributed by atoms with Crippen LogP contribution in [0.3, 0.4) is 0 Å². The zero-order valence-corrected chi connectivity index (χ0v) is 15.5. The molecule has 0 unspecified atom stereocenters. The lowest BCUT2D eigenvalue weighted by molar-refractivity contribution is 0.240.